The Morgan fingerprint density at radius 1 is 0.963 bits per heavy atom. The minimum atomic E-state index is -0.349. The average molecular weight is 381 g/mol. The van der Waals surface area contributed by atoms with Crippen LogP contribution in [0.5, 0.6) is 0 Å². The van der Waals surface area contributed by atoms with Crippen molar-refractivity contribution in [1.29, 1.82) is 0 Å². The molecule has 1 aromatic heterocycles. The van der Waals surface area contributed by atoms with Gasteiger partial charge in [0, 0.05) is 28.5 Å². The molecular weight excluding hydrogens is 364 g/mol. The van der Waals surface area contributed by atoms with Crippen molar-refractivity contribution in [3.63, 3.8) is 0 Å². The predicted molar refractivity (Wildman–Crippen MR) is 106 cm³/mol. The fourth-order valence-electron chi connectivity index (χ4n) is 2.59. The third kappa shape index (κ3) is 4.51. The maximum absolute atomic E-state index is 12.5. The van der Waals surface area contributed by atoms with Crippen molar-refractivity contribution in [2.24, 2.45) is 0 Å². The van der Waals surface area contributed by atoms with E-state index in [1.807, 2.05) is 18.2 Å². The van der Waals surface area contributed by atoms with Crippen LogP contribution in [0.3, 0.4) is 0 Å². The molecule has 0 aliphatic rings. The average Bonchev–Trinajstić information content (AvgIpc) is 2.65. The van der Waals surface area contributed by atoms with Gasteiger partial charge in [0.05, 0.1) is 12.1 Å². The number of amides is 1. The number of nitrogens with zero attached hydrogens (tertiary/aromatic N) is 1. The molecule has 0 spiro atoms. The highest BCUT2D eigenvalue weighted by molar-refractivity contribution is 6.31. The van der Waals surface area contributed by atoms with Gasteiger partial charge < -0.3 is 9.88 Å². The summed E-state index contributed by atoms with van der Waals surface area (Å²) >= 11 is 6.15. The molecule has 0 radical (unpaired) electrons. The van der Waals surface area contributed by atoms with Gasteiger partial charge in [-0.3, -0.25) is 14.4 Å². The van der Waals surface area contributed by atoms with Crippen LogP contribution in [0.25, 0.3) is 0 Å². The van der Waals surface area contributed by atoms with Gasteiger partial charge in [0.15, 0.2) is 5.78 Å². The zero-order valence-electron chi connectivity index (χ0n) is 14.6. The fraction of sp³-hybridized carbons (Fsp3) is 0.0952. The van der Waals surface area contributed by atoms with Crippen LogP contribution in [-0.4, -0.2) is 16.3 Å². The highest BCUT2D eigenvalue weighted by Crippen LogP contribution is 2.16. The van der Waals surface area contributed by atoms with Crippen molar-refractivity contribution in [2.75, 3.05) is 5.32 Å². The van der Waals surface area contributed by atoms with Gasteiger partial charge in [0.1, 0.15) is 0 Å². The van der Waals surface area contributed by atoms with E-state index in [-0.39, 0.29) is 23.8 Å². The van der Waals surface area contributed by atoms with Crippen molar-refractivity contribution < 1.29 is 9.59 Å². The lowest BCUT2D eigenvalue weighted by molar-refractivity contribution is 0.101. The van der Waals surface area contributed by atoms with Crippen molar-refractivity contribution in [2.45, 2.75) is 13.5 Å². The Kier molecular flexibility index (Phi) is 5.52. The highest BCUT2D eigenvalue weighted by atomic mass is 35.5. The van der Waals surface area contributed by atoms with E-state index < -0.39 is 0 Å². The molecule has 0 bridgehead atoms. The molecule has 6 heteroatoms. The van der Waals surface area contributed by atoms with Crippen molar-refractivity contribution >= 4 is 29.0 Å². The molecule has 0 aliphatic heterocycles. The first-order chi connectivity index (χ1) is 12.9. The fourth-order valence-corrected chi connectivity index (χ4v) is 2.79. The molecule has 1 amide bonds. The number of pyridine rings is 1. The zero-order chi connectivity index (χ0) is 19.4. The standard InChI is InChI=1S/C21H17ClN2O3/c1-14(25)15-6-9-18(10-7-15)23-21(27)17-8-11-20(26)24(13-17)12-16-4-2-3-5-19(16)22/h2-11,13H,12H2,1H3,(H,23,27). The number of hydrogen-bond donors (Lipinski definition) is 1. The molecule has 0 aliphatic carbocycles. The van der Waals surface area contributed by atoms with Crippen LogP contribution >= 0.6 is 11.6 Å². The largest absolute Gasteiger partial charge is 0.322 e. The molecule has 0 saturated carbocycles. The van der Waals surface area contributed by atoms with E-state index in [9.17, 15) is 14.4 Å². The molecule has 2 aromatic carbocycles. The maximum atomic E-state index is 12.5. The number of carbonyl (C=O) groups is 2. The van der Waals surface area contributed by atoms with Crippen molar-refractivity contribution in [1.82, 2.24) is 4.57 Å². The van der Waals surface area contributed by atoms with Crippen LogP contribution in [0, 0.1) is 0 Å². The summed E-state index contributed by atoms with van der Waals surface area (Å²) in [5, 5.41) is 3.31. The van der Waals surface area contributed by atoms with Crippen LogP contribution in [0.4, 0.5) is 5.69 Å². The molecule has 5 nitrogen and oxygen atoms in total. The van der Waals surface area contributed by atoms with E-state index in [0.717, 1.165) is 5.56 Å². The summed E-state index contributed by atoms with van der Waals surface area (Å²) in [5.41, 5.74) is 2.04. The summed E-state index contributed by atoms with van der Waals surface area (Å²) < 4.78 is 1.44. The molecule has 0 fully saturated rings. The third-order valence-corrected chi connectivity index (χ3v) is 4.46. The molecule has 27 heavy (non-hydrogen) atoms. The van der Waals surface area contributed by atoms with Crippen LogP contribution in [-0.2, 0) is 6.54 Å². The first-order valence-corrected chi connectivity index (χ1v) is 8.68. The van der Waals surface area contributed by atoms with Crippen molar-refractivity contribution in [3.05, 3.63) is 98.9 Å². The number of Topliss-reactive ketones (excluding diaryl/α,β-unsaturated/α-hetero) is 1. The molecule has 0 atom stereocenters. The smallest absolute Gasteiger partial charge is 0.257 e. The Morgan fingerprint density at radius 2 is 1.63 bits per heavy atom. The Balaban J connectivity index is 1.80. The van der Waals surface area contributed by atoms with E-state index in [1.54, 1.807) is 30.3 Å². The lowest BCUT2D eigenvalue weighted by atomic mass is 10.1. The monoisotopic (exact) mass is 380 g/mol. The van der Waals surface area contributed by atoms with Gasteiger partial charge >= 0.3 is 0 Å². The number of benzene rings is 2. The second kappa shape index (κ2) is 8.01. The highest BCUT2D eigenvalue weighted by Gasteiger charge is 2.10. The lowest BCUT2D eigenvalue weighted by Crippen LogP contribution is -2.22. The van der Waals surface area contributed by atoms with Gasteiger partial charge in [-0.05, 0) is 48.9 Å². The number of rotatable bonds is 5. The van der Waals surface area contributed by atoms with Crippen LogP contribution in [0.15, 0.2) is 71.7 Å². The summed E-state index contributed by atoms with van der Waals surface area (Å²) in [6, 6.07) is 16.7. The Morgan fingerprint density at radius 3 is 2.30 bits per heavy atom. The predicted octanol–water partition coefficient (Wildman–Crippen LogP) is 4.00. The molecule has 3 rings (SSSR count). The summed E-state index contributed by atoms with van der Waals surface area (Å²) in [6.07, 6.45) is 1.50. The number of anilines is 1. The first-order valence-electron chi connectivity index (χ1n) is 8.30. The summed E-state index contributed by atoms with van der Waals surface area (Å²) in [4.78, 5) is 35.9. The summed E-state index contributed by atoms with van der Waals surface area (Å²) in [5.74, 6) is -0.391. The minimum absolute atomic E-state index is 0.0421. The maximum Gasteiger partial charge on any atom is 0.257 e. The lowest BCUT2D eigenvalue weighted by Gasteiger charge is -2.10. The summed E-state index contributed by atoms with van der Waals surface area (Å²) in [6.45, 7) is 1.75. The third-order valence-electron chi connectivity index (χ3n) is 4.09. The molecule has 3 aromatic rings. The SMILES string of the molecule is CC(=O)c1ccc(NC(=O)c2ccc(=O)n(Cc3ccccc3Cl)c2)cc1. The molecular formula is C21H17ClN2O3. The van der Waals surface area contributed by atoms with E-state index in [4.69, 9.17) is 11.6 Å². The molecule has 1 N–H and O–H groups in total. The van der Waals surface area contributed by atoms with Gasteiger partial charge in [-0.1, -0.05) is 29.8 Å². The number of ketones is 1. The second-order valence-electron chi connectivity index (χ2n) is 6.06. The normalized spacial score (nSPS) is 10.4. The topological polar surface area (TPSA) is 68.2 Å². The Hall–Kier alpha value is -3.18. The van der Waals surface area contributed by atoms with Gasteiger partial charge in [-0.15, -0.1) is 0 Å². The quantitative estimate of drug-likeness (QED) is 0.680. The number of carbonyl (C=O) groups excluding carboxylic acids is 2. The number of nitrogens with one attached hydrogen (secondary N) is 1. The Labute approximate surface area is 161 Å². The second-order valence-corrected chi connectivity index (χ2v) is 6.47. The van der Waals surface area contributed by atoms with Gasteiger partial charge in [-0.2, -0.15) is 0 Å². The van der Waals surface area contributed by atoms with Gasteiger partial charge in [-0.25, -0.2) is 0 Å². The molecule has 0 saturated heterocycles. The van der Waals surface area contributed by atoms with E-state index in [0.29, 0.717) is 21.8 Å². The van der Waals surface area contributed by atoms with Crippen LogP contribution in [0.2, 0.25) is 5.02 Å². The van der Waals surface area contributed by atoms with E-state index in [2.05, 4.69) is 5.32 Å². The number of hydrogen-bond acceptors (Lipinski definition) is 3. The molecule has 136 valence electrons. The zero-order valence-corrected chi connectivity index (χ0v) is 15.4. The van der Waals surface area contributed by atoms with Gasteiger partial charge in [0.2, 0.25) is 0 Å². The molecule has 0 unspecified atom stereocenters. The van der Waals surface area contributed by atoms with E-state index >= 15 is 0 Å². The van der Waals surface area contributed by atoms with Gasteiger partial charge in [0.25, 0.3) is 11.5 Å². The van der Waals surface area contributed by atoms with Crippen LogP contribution < -0.4 is 10.9 Å². The molecule has 1 heterocycles. The number of halogens is 1. The number of aromatic nitrogens is 1. The first kappa shape index (κ1) is 18.6. The van der Waals surface area contributed by atoms with Crippen LogP contribution in [0.1, 0.15) is 33.2 Å². The summed E-state index contributed by atoms with van der Waals surface area (Å²) in [7, 11) is 0. The van der Waals surface area contributed by atoms with E-state index in [1.165, 1.54) is 29.8 Å². The Bertz CT molecular complexity index is 1060. The minimum Gasteiger partial charge on any atom is -0.322 e. The van der Waals surface area contributed by atoms with Crippen molar-refractivity contribution in [3.8, 4) is 0 Å².